The van der Waals surface area contributed by atoms with E-state index in [0.29, 0.717) is 32.1 Å². The van der Waals surface area contributed by atoms with Gasteiger partial charge >= 0.3 is 6.01 Å². The van der Waals surface area contributed by atoms with Crippen LogP contribution in [-0.2, 0) is 36.8 Å². The van der Waals surface area contributed by atoms with Crippen molar-refractivity contribution in [2.45, 2.75) is 101 Å². The van der Waals surface area contributed by atoms with Crippen LogP contribution in [-0.4, -0.2) is 81.6 Å². The summed E-state index contributed by atoms with van der Waals surface area (Å²) in [5.41, 5.74) is 15.0. The van der Waals surface area contributed by atoms with Crippen molar-refractivity contribution in [3.63, 3.8) is 0 Å². The standard InChI is InChI=1S/C37H49FN8O/c1-24(43(4)5)31-17-27-21-44(13-7-15-46(27)42-31)33-28-10-12-36(22-35(2,3)29-9-8-26(39)16-30(29)36)19-32(28)40-34(41-33)47-23-37-11-6-14-45(37)20-25(38)18-37/h8-9,16-17,25H,1,6-7,10-15,18-23,39H2,2-5H3. The average Bonchev–Trinajstić information content (AvgIpc) is 3.70. The molecule has 2 fully saturated rings. The zero-order chi connectivity index (χ0) is 32.7. The quantitative estimate of drug-likeness (QED) is 0.365. The molecule has 9 nitrogen and oxygen atoms in total. The van der Waals surface area contributed by atoms with Gasteiger partial charge in [-0.1, -0.05) is 26.5 Å². The van der Waals surface area contributed by atoms with Gasteiger partial charge in [-0.05, 0) is 79.8 Å². The monoisotopic (exact) mass is 640 g/mol. The van der Waals surface area contributed by atoms with E-state index in [1.54, 1.807) is 0 Å². The molecule has 3 unspecified atom stereocenters. The van der Waals surface area contributed by atoms with Crippen LogP contribution in [0.4, 0.5) is 15.9 Å². The highest BCUT2D eigenvalue weighted by molar-refractivity contribution is 5.60. The Kier molecular flexibility index (Phi) is 7.13. The molecular weight excluding hydrogens is 591 g/mol. The average molecular weight is 641 g/mol. The molecule has 2 saturated heterocycles. The maximum Gasteiger partial charge on any atom is 0.318 e. The number of nitrogens with zero attached hydrogens (tertiary/aromatic N) is 7. The number of ether oxygens (including phenoxy) is 1. The summed E-state index contributed by atoms with van der Waals surface area (Å²) in [7, 11) is 4.01. The molecule has 0 radical (unpaired) electrons. The van der Waals surface area contributed by atoms with Gasteiger partial charge in [0.15, 0.2) is 0 Å². The molecular formula is C37H49FN8O. The lowest BCUT2D eigenvalue weighted by Crippen LogP contribution is -2.43. The molecule has 47 heavy (non-hydrogen) atoms. The maximum absolute atomic E-state index is 14.6. The van der Waals surface area contributed by atoms with Crippen molar-refractivity contribution in [2.24, 2.45) is 0 Å². The molecule has 5 heterocycles. The smallest absolute Gasteiger partial charge is 0.318 e. The molecule has 2 N–H and O–H groups in total. The fraction of sp³-hybridized carbons (Fsp3) is 0.595. The minimum absolute atomic E-state index is 0.0310. The molecule has 3 atom stereocenters. The lowest BCUT2D eigenvalue weighted by Gasteiger charge is -2.38. The summed E-state index contributed by atoms with van der Waals surface area (Å²) < 4.78 is 23.3. The Labute approximate surface area is 278 Å². The topological polar surface area (TPSA) is 88.6 Å². The fourth-order valence-corrected chi connectivity index (χ4v) is 9.67. The number of benzene rings is 1. The lowest BCUT2D eigenvalue weighted by molar-refractivity contribution is 0.107. The van der Waals surface area contributed by atoms with Crippen molar-refractivity contribution in [2.75, 3.05) is 51.0 Å². The van der Waals surface area contributed by atoms with Gasteiger partial charge in [0.05, 0.1) is 29.2 Å². The van der Waals surface area contributed by atoms with Crippen LogP contribution in [0.1, 0.15) is 86.1 Å². The highest BCUT2D eigenvalue weighted by Gasteiger charge is 2.51. The van der Waals surface area contributed by atoms with Crippen LogP contribution in [0.3, 0.4) is 0 Å². The third-order valence-corrected chi connectivity index (χ3v) is 11.9. The first-order chi connectivity index (χ1) is 22.5. The summed E-state index contributed by atoms with van der Waals surface area (Å²) in [5, 5.41) is 4.91. The molecule has 250 valence electrons. The number of anilines is 2. The number of hydrogen-bond donors (Lipinski definition) is 1. The molecule has 0 bridgehead atoms. The van der Waals surface area contributed by atoms with Gasteiger partial charge in [0, 0.05) is 63.2 Å². The molecule has 3 aromatic rings. The largest absolute Gasteiger partial charge is 0.461 e. The van der Waals surface area contributed by atoms with Crippen molar-refractivity contribution in [3.8, 4) is 6.01 Å². The Balaban J connectivity index is 1.17. The van der Waals surface area contributed by atoms with Gasteiger partial charge in [-0.15, -0.1) is 0 Å². The van der Waals surface area contributed by atoms with Crippen LogP contribution in [0.2, 0.25) is 0 Å². The number of hydrogen-bond acceptors (Lipinski definition) is 8. The van der Waals surface area contributed by atoms with Crippen LogP contribution in [0.5, 0.6) is 6.01 Å². The number of halogens is 1. The summed E-state index contributed by atoms with van der Waals surface area (Å²) in [4.78, 5) is 17.1. The second-order valence-corrected chi connectivity index (χ2v) is 15.8. The number of aromatic nitrogens is 4. The van der Waals surface area contributed by atoms with Crippen LogP contribution in [0.15, 0.2) is 30.8 Å². The molecule has 1 aromatic carbocycles. The molecule has 0 saturated carbocycles. The minimum Gasteiger partial charge on any atom is -0.461 e. The highest BCUT2D eigenvalue weighted by Crippen LogP contribution is 2.56. The zero-order valence-electron chi connectivity index (χ0n) is 28.5. The molecule has 5 aliphatic rings. The molecule has 10 heteroatoms. The van der Waals surface area contributed by atoms with E-state index >= 15 is 0 Å². The number of aryl methyl sites for hydroxylation is 1. The number of rotatable bonds is 6. The van der Waals surface area contributed by atoms with Gasteiger partial charge in [-0.25, -0.2) is 4.39 Å². The van der Waals surface area contributed by atoms with Crippen LogP contribution in [0.25, 0.3) is 5.70 Å². The van der Waals surface area contributed by atoms with Gasteiger partial charge < -0.3 is 20.3 Å². The lowest BCUT2D eigenvalue weighted by atomic mass is 9.68. The Bertz CT molecular complexity index is 1730. The van der Waals surface area contributed by atoms with E-state index in [9.17, 15) is 4.39 Å². The van der Waals surface area contributed by atoms with Crippen molar-refractivity contribution in [3.05, 3.63) is 64.6 Å². The van der Waals surface area contributed by atoms with Gasteiger partial charge in [-0.3, -0.25) is 9.58 Å². The molecule has 2 aromatic heterocycles. The Morgan fingerprint density at radius 3 is 2.79 bits per heavy atom. The highest BCUT2D eigenvalue weighted by atomic mass is 19.1. The van der Waals surface area contributed by atoms with Crippen LogP contribution < -0.4 is 15.4 Å². The normalized spacial score (nSPS) is 27.7. The van der Waals surface area contributed by atoms with Crippen LogP contribution in [0, 0.1) is 0 Å². The third-order valence-electron chi connectivity index (χ3n) is 11.9. The van der Waals surface area contributed by atoms with Crippen LogP contribution >= 0.6 is 0 Å². The summed E-state index contributed by atoms with van der Waals surface area (Å²) >= 11 is 0. The second-order valence-electron chi connectivity index (χ2n) is 15.8. The molecule has 8 rings (SSSR count). The first kappa shape index (κ1) is 30.7. The van der Waals surface area contributed by atoms with Crippen molar-refractivity contribution < 1.29 is 9.13 Å². The van der Waals surface area contributed by atoms with E-state index < -0.39 is 6.17 Å². The Morgan fingerprint density at radius 2 is 1.96 bits per heavy atom. The van der Waals surface area contributed by atoms with Gasteiger partial charge in [0.25, 0.3) is 0 Å². The Hall–Kier alpha value is -3.66. The minimum atomic E-state index is -0.799. The molecule has 2 aliphatic carbocycles. The summed E-state index contributed by atoms with van der Waals surface area (Å²) in [6.07, 6.45) is 6.54. The van der Waals surface area contributed by atoms with Crippen molar-refractivity contribution in [1.29, 1.82) is 0 Å². The van der Waals surface area contributed by atoms with Crippen molar-refractivity contribution >= 4 is 17.2 Å². The summed E-state index contributed by atoms with van der Waals surface area (Å²) in [5.74, 6) is 0.975. The molecule has 1 spiro atoms. The Morgan fingerprint density at radius 1 is 1.11 bits per heavy atom. The summed E-state index contributed by atoms with van der Waals surface area (Å²) in [6.45, 7) is 13.3. The number of nitrogen functional groups attached to an aromatic ring is 1. The third kappa shape index (κ3) is 5.09. The van der Waals surface area contributed by atoms with Crippen molar-refractivity contribution in [1.82, 2.24) is 29.5 Å². The van der Waals surface area contributed by atoms with E-state index in [1.165, 1.54) is 16.7 Å². The first-order valence-electron chi connectivity index (χ1n) is 17.5. The predicted octanol–water partition coefficient (Wildman–Crippen LogP) is 5.26. The van der Waals surface area contributed by atoms with E-state index in [0.717, 1.165) is 98.9 Å². The predicted molar refractivity (Wildman–Crippen MR) is 183 cm³/mol. The number of fused-ring (bicyclic) bond motifs is 5. The fourth-order valence-electron chi connectivity index (χ4n) is 9.67. The van der Waals surface area contributed by atoms with Gasteiger partial charge in [-0.2, -0.15) is 15.1 Å². The SMILES string of the molecule is C=C(c1cc2n(n1)CCCN(c1nc(OCC34CCCN3CC(F)C4)nc3c1CCC1(C3)CC(C)(C)c3ccc(N)cc31)C2)N(C)C. The summed E-state index contributed by atoms with van der Waals surface area (Å²) in [6, 6.07) is 9.09. The van der Waals surface area contributed by atoms with E-state index in [-0.39, 0.29) is 16.4 Å². The van der Waals surface area contributed by atoms with E-state index in [1.807, 2.05) is 25.1 Å². The maximum atomic E-state index is 14.6. The van der Waals surface area contributed by atoms with Gasteiger partial charge in [0.1, 0.15) is 24.3 Å². The first-order valence-corrected chi connectivity index (χ1v) is 17.5. The number of nitrogens with two attached hydrogens (primary N) is 1. The van der Waals surface area contributed by atoms with E-state index in [4.69, 9.17) is 25.5 Å². The molecule has 3 aliphatic heterocycles. The number of alkyl halides is 1. The molecule has 0 amide bonds. The second kappa shape index (κ2) is 10.9. The van der Waals surface area contributed by atoms with Gasteiger partial charge in [0.2, 0.25) is 0 Å². The zero-order valence-corrected chi connectivity index (χ0v) is 28.5. The van der Waals surface area contributed by atoms with E-state index in [2.05, 4.69) is 53.1 Å².